The van der Waals surface area contributed by atoms with Gasteiger partial charge in [0.05, 0.1) is 12.3 Å². The molecule has 0 aliphatic heterocycles. The number of nitrogens with zero attached hydrogens (tertiary/aromatic N) is 1. The fraction of sp³-hybridized carbons (Fsp3) is 0.417. The van der Waals surface area contributed by atoms with Gasteiger partial charge in [0, 0.05) is 11.4 Å². The maximum Gasteiger partial charge on any atom is 0.323 e. The minimum absolute atomic E-state index is 0.0945. The van der Waals surface area contributed by atoms with Gasteiger partial charge in [0.2, 0.25) is 5.91 Å². The topological polar surface area (TPSA) is 94.9 Å². The van der Waals surface area contributed by atoms with Gasteiger partial charge in [-0.1, -0.05) is 13.0 Å². The van der Waals surface area contributed by atoms with Crippen LogP contribution in [0, 0.1) is 5.92 Å². The van der Waals surface area contributed by atoms with Crippen molar-refractivity contribution in [3.8, 4) is 0 Å². The zero-order valence-electron chi connectivity index (χ0n) is 10.4. The fourth-order valence-electron chi connectivity index (χ4n) is 1.50. The average Bonchev–Trinajstić information content (AvgIpc) is 2.79. The molecule has 1 amide bonds. The van der Waals surface area contributed by atoms with Gasteiger partial charge in [-0.3, -0.25) is 14.4 Å². The summed E-state index contributed by atoms with van der Waals surface area (Å²) in [5.74, 6) is -3.39. The Bertz CT molecular complexity index is 457. The first kappa shape index (κ1) is 15.2. The first-order valence-electron chi connectivity index (χ1n) is 5.65. The SMILES string of the molecule is CC(CN(CC(=O)O)C(=O)Cc1cccs1)C(=O)O. The second-order valence-electron chi connectivity index (χ2n) is 4.16. The normalized spacial score (nSPS) is 11.8. The van der Waals surface area contributed by atoms with E-state index in [1.54, 1.807) is 12.1 Å². The van der Waals surface area contributed by atoms with E-state index in [0.717, 1.165) is 9.78 Å². The van der Waals surface area contributed by atoms with Crippen molar-refractivity contribution in [2.45, 2.75) is 13.3 Å². The van der Waals surface area contributed by atoms with Gasteiger partial charge in [-0.25, -0.2) is 0 Å². The zero-order valence-corrected chi connectivity index (χ0v) is 11.2. The number of carboxylic acid groups (broad SMARTS) is 2. The van der Waals surface area contributed by atoms with Crippen LogP contribution in [0.2, 0.25) is 0 Å². The Morgan fingerprint density at radius 2 is 2.05 bits per heavy atom. The number of carbonyl (C=O) groups is 3. The predicted octanol–water partition coefficient (Wildman–Crippen LogP) is 0.924. The largest absolute Gasteiger partial charge is 0.481 e. The number of carbonyl (C=O) groups excluding carboxylic acids is 1. The van der Waals surface area contributed by atoms with Gasteiger partial charge in [-0.05, 0) is 11.4 Å². The maximum atomic E-state index is 12.0. The molecule has 7 heteroatoms. The molecule has 19 heavy (non-hydrogen) atoms. The molecule has 0 aromatic carbocycles. The number of hydrogen-bond donors (Lipinski definition) is 2. The van der Waals surface area contributed by atoms with Crippen molar-refractivity contribution in [1.29, 1.82) is 0 Å². The molecule has 0 saturated carbocycles. The first-order chi connectivity index (χ1) is 8.90. The van der Waals surface area contributed by atoms with Crippen molar-refractivity contribution in [3.05, 3.63) is 22.4 Å². The van der Waals surface area contributed by atoms with Crippen LogP contribution in [0.5, 0.6) is 0 Å². The molecule has 0 fully saturated rings. The highest BCUT2D eigenvalue weighted by molar-refractivity contribution is 7.10. The number of rotatable bonds is 7. The van der Waals surface area contributed by atoms with Gasteiger partial charge < -0.3 is 15.1 Å². The number of hydrogen-bond acceptors (Lipinski definition) is 4. The molecule has 0 bridgehead atoms. The smallest absolute Gasteiger partial charge is 0.323 e. The van der Waals surface area contributed by atoms with Crippen LogP contribution in [-0.4, -0.2) is 46.0 Å². The summed E-state index contributed by atoms with van der Waals surface area (Å²) in [4.78, 5) is 35.4. The van der Waals surface area contributed by atoms with E-state index in [1.807, 2.05) is 5.38 Å². The monoisotopic (exact) mass is 285 g/mol. The zero-order chi connectivity index (χ0) is 14.4. The van der Waals surface area contributed by atoms with Gasteiger partial charge in [0.15, 0.2) is 0 Å². The summed E-state index contributed by atoms with van der Waals surface area (Å²) >= 11 is 1.40. The van der Waals surface area contributed by atoms with E-state index in [4.69, 9.17) is 10.2 Å². The van der Waals surface area contributed by atoms with Gasteiger partial charge in [0.1, 0.15) is 6.54 Å². The molecule has 0 saturated heterocycles. The molecule has 1 rings (SSSR count). The van der Waals surface area contributed by atoms with Crippen molar-refractivity contribution in [1.82, 2.24) is 4.90 Å². The first-order valence-corrected chi connectivity index (χ1v) is 6.53. The van der Waals surface area contributed by atoms with Crippen LogP contribution in [-0.2, 0) is 20.8 Å². The standard InChI is InChI=1S/C12H15NO5S/c1-8(12(17)18)6-13(7-11(15)16)10(14)5-9-3-2-4-19-9/h2-4,8H,5-7H2,1H3,(H,15,16)(H,17,18). The molecule has 1 atom stereocenters. The lowest BCUT2D eigenvalue weighted by atomic mass is 10.1. The van der Waals surface area contributed by atoms with E-state index in [0.29, 0.717) is 0 Å². The van der Waals surface area contributed by atoms with E-state index >= 15 is 0 Å². The van der Waals surface area contributed by atoms with Crippen molar-refractivity contribution in [2.24, 2.45) is 5.92 Å². The molecular weight excluding hydrogens is 270 g/mol. The number of thiophene rings is 1. The molecule has 0 aliphatic carbocycles. The third kappa shape index (κ3) is 5.09. The minimum atomic E-state index is -1.16. The molecule has 1 heterocycles. The van der Waals surface area contributed by atoms with Crippen LogP contribution < -0.4 is 0 Å². The Labute approximate surface area is 114 Å². The molecule has 1 unspecified atom stereocenters. The van der Waals surface area contributed by atoms with E-state index in [9.17, 15) is 14.4 Å². The van der Waals surface area contributed by atoms with Crippen LogP contribution in [0.1, 0.15) is 11.8 Å². The third-order valence-electron chi connectivity index (χ3n) is 2.50. The Kier molecular flexibility index (Phi) is 5.50. The molecule has 0 aliphatic rings. The van der Waals surface area contributed by atoms with Gasteiger partial charge >= 0.3 is 11.9 Å². The molecule has 2 N–H and O–H groups in total. The summed E-state index contributed by atoms with van der Waals surface area (Å²) in [6.07, 6.45) is 0.0945. The van der Waals surface area contributed by atoms with Crippen molar-refractivity contribution in [2.75, 3.05) is 13.1 Å². The van der Waals surface area contributed by atoms with Gasteiger partial charge in [0.25, 0.3) is 0 Å². The van der Waals surface area contributed by atoms with E-state index < -0.39 is 24.4 Å². The lowest BCUT2D eigenvalue weighted by Crippen LogP contribution is -2.41. The van der Waals surface area contributed by atoms with E-state index in [1.165, 1.54) is 18.3 Å². The number of carboxylic acids is 2. The van der Waals surface area contributed by atoms with E-state index in [2.05, 4.69) is 0 Å². The second-order valence-corrected chi connectivity index (χ2v) is 5.20. The Morgan fingerprint density at radius 3 is 2.53 bits per heavy atom. The summed E-state index contributed by atoms with van der Waals surface area (Å²) in [7, 11) is 0. The third-order valence-corrected chi connectivity index (χ3v) is 3.38. The molecule has 1 aromatic rings. The molecule has 6 nitrogen and oxygen atoms in total. The predicted molar refractivity (Wildman–Crippen MR) is 69.0 cm³/mol. The Hall–Kier alpha value is -1.89. The lowest BCUT2D eigenvalue weighted by molar-refractivity contribution is -0.148. The van der Waals surface area contributed by atoms with Crippen LogP contribution in [0.25, 0.3) is 0 Å². The fourth-order valence-corrected chi connectivity index (χ4v) is 2.20. The Balaban J connectivity index is 2.69. The van der Waals surface area contributed by atoms with Gasteiger partial charge in [-0.15, -0.1) is 11.3 Å². The highest BCUT2D eigenvalue weighted by Crippen LogP contribution is 2.11. The second kappa shape index (κ2) is 6.89. The van der Waals surface area contributed by atoms with Crippen molar-refractivity contribution in [3.63, 3.8) is 0 Å². The average molecular weight is 285 g/mol. The lowest BCUT2D eigenvalue weighted by Gasteiger charge is -2.22. The van der Waals surface area contributed by atoms with Crippen LogP contribution >= 0.6 is 11.3 Å². The van der Waals surface area contributed by atoms with Crippen LogP contribution in [0.4, 0.5) is 0 Å². The number of aliphatic carboxylic acids is 2. The highest BCUT2D eigenvalue weighted by Gasteiger charge is 2.22. The molecule has 0 spiro atoms. The molecule has 1 aromatic heterocycles. The molecule has 0 radical (unpaired) electrons. The summed E-state index contributed by atoms with van der Waals surface area (Å²) in [5, 5.41) is 19.4. The summed E-state index contributed by atoms with van der Waals surface area (Å²) in [6, 6.07) is 3.58. The Morgan fingerprint density at radius 1 is 1.37 bits per heavy atom. The maximum absolute atomic E-state index is 12.0. The summed E-state index contributed by atoms with van der Waals surface area (Å²) in [6.45, 7) is 0.850. The van der Waals surface area contributed by atoms with E-state index in [-0.39, 0.29) is 18.9 Å². The summed E-state index contributed by atoms with van der Waals surface area (Å²) < 4.78 is 0. The molecule has 104 valence electrons. The quantitative estimate of drug-likeness (QED) is 0.777. The minimum Gasteiger partial charge on any atom is -0.481 e. The number of amides is 1. The van der Waals surface area contributed by atoms with Crippen molar-refractivity contribution < 1.29 is 24.6 Å². The molecular formula is C12H15NO5S. The highest BCUT2D eigenvalue weighted by atomic mass is 32.1. The van der Waals surface area contributed by atoms with Crippen LogP contribution in [0.15, 0.2) is 17.5 Å². The van der Waals surface area contributed by atoms with Crippen LogP contribution in [0.3, 0.4) is 0 Å². The van der Waals surface area contributed by atoms with Gasteiger partial charge in [-0.2, -0.15) is 0 Å². The summed E-state index contributed by atoms with van der Waals surface area (Å²) in [5.41, 5.74) is 0. The van der Waals surface area contributed by atoms with Crippen molar-refractivity contribution >= 4 is 29.2 Å².